The number of hydrogen-bond acceptors (Lipinski definition) is 2. The number of hydrogen-bond donors (Lipinski definition) is 1. The number of halogens is 1. The highest BCUT2D eigenvalue weighted by Gasteiger charge is 2.31. The molecule has 4 nitrogen and oxygen atoms in total. The highest BCUT2D eigenvalue weighted by molar-refractivity contribution is 5.94. The average molecular weight is 290 g/mol. The van der Waals surface area contributed by atoms with Crippen LogP contribution in [-0.2, 0) is 4.79 Å². The molecule has 0 spiro atoms. The molecule has 1 atom stereocenters. The molecule has 1 heterocycles. The summed E-state index contributed by atoms with van der Waals surface area (Å²) < 4.78 is 12.9. The average Bonchev–Trinajstić information content (AvgIpc) is 2.85. The van der Waals surface area contributed by atoms with Crippen LogP contribution in [0.5, 0.6) is 0 Å². The Labute approximate surface area is 123 Å². The van der Waals surface area contributed by atoms with Gasteiger partial charge in [-0.25, -0.2) is 4.39 Å². The highest BCUT2D eigenvalue weighted by Crippen LogP contribution is 2.26. The maximum absolute atomic E-state index is 12.9. The Hall–Kier alpha value is -1.91. The minimum atomic E-state index is -0.349. The summed E-state index contributed by atoms with van der Waals surface area (Å²) in [6, 6.07) is 5.62. The molecule has 0 bridgehead atoms. The molecule has 1 saturated carbocycles. The lowest BCUT2D eigenvalue weighted by Gasteiger charge is -2.26. The fourth-order valence-corrected chi connectivity index (χ4v) is 2.83. The maximum Gasteiger partial charge on any atom is 0.253 e. The number of carbonyl (C=O) groups is 2. The van der Waals surface area contributed by atoms with Crippen LogP contribution in [0.2, 0.25) is 0 Å². The van der Waals surface area contributed by atoms with Gasteiger partial charge < -0.3 is 10.2 Å². The molecule has 3 rings (SSSR count). The van der Waals surface area contributed by atoms with Crippen molar-refractivity contribution in [3.63, 3.8) is 0 Å². The number of nitrogens with one attached hydrogen (secondary N) is 1. The van der Waals surface area contributed by atoms with Gasteiger partial charge in [-0.3, -0.25) is 9.59 Å². The highest BCUT2D eigenvalue weighted by atomic mass is 19.1. The number of amides is 2. The van der Waals surface area contributed by atoms with E-state index in [2.05, 4.69) is 5.32 Å². The minimum absolute atomic E-state index is 0.0440. The zero-order valence-electron chi connectivity index (χ0n) is 11.8. The number of carbonyl (C=O) groups excluding carboxylic acids is 2. The first-order valence-corrected chi connectivity index (χ1v) is 7.49. The standard InChI is InChI=1S/C16H19FN2O2/c17-13-6-4-12(5-7-13)16(21)19-9-8-14(10-19)18-15(20)11-2-1-3-11/h4-7,11,14H,1-3,8-10H2,(H,18,20)/t14-/m1/s1. The smallest absolute Gasteiger partial charge is 0.253 e. The largest absolute Gasteiger partial charge is 0.351 e. The van der Waals surface area contributed by atoms with Gasteiger partial charge >= 0.3 is 0 Å². The number of likely N-dealkylation sites (tertiary alicyclic amines) is 1. The van der Waals surface area contributed by atoms with E-state index in [9.17, 15) is 14.0 Å². The van der Waals surface area contributed by atoms with Crippen molar-refractivity contribution in [2.24, 2.45) is 5.92 Å². The molecule has 112 valence electrons. The zero-order valence-corrected chi connectivity index (χ0v) is 11.8. The molecular formula is C16H19FN2O2. The predicted molar refractivity (Wildman–Crippen MR) is 76.2 cm³/mol. The molecule has 1 aromatic carbocycles. The van der Waals surface area contributed by atoms with Crippen molar-refractivity contribution in [2.75, 3.05) is 13.1 Å². The van der Waals surface area contributed by atoms with Gasteiger partial charge in [-0.1, -0.05) is 6.42 Å². The van der Waals surface area contributed by atoms with Crippen molar-refractivity contribution in [2.45, 2.75) is 31.7 Å². The molecule has 2 fully saturated rings. The fraction of sp³-hybridized carbons (Fsp3) is 0.500. The van der Waals surface area contributed by atoms with Crippen molar-refractivity contribution in [1.82, 2.24) is 10.2 Å². The summed E-state index contributed by atoms with van der Waals surface area (Å²) in [7, 11) is 0. The molecule has 1 N–H and O–H groups in total. The van der Waals surface area contributed by atoms with Gasteiger partial charge in [0.2, 0.25) is 5.91 Å². The van der Waals surface area contributed by atoms with E-state index in [-0.39, 0.29) is 29.6 Å². The summed E-state index contributed by atoms with van der Waals surface area (Å²) in [6.45, 7) is 1.17. The first kappa shape index (κ1) is 14.0. The van der Waals surface area contributed by atoms with Gasteiger partial charge in [0.25, 0.3) is 5.91 Å². The van der Waals surface area contributed by atoms with Gasteiger partial charge in [-0.05, 0) is 43.5 Å². The molecule has 1 aromatic rings. The molecule has 0 aromatic heterocycles. The quantitative estimate of drug-likeness (QED) is 0.925. The monoisotopic (exact) mass is 290 g/mol. The first-order chi connectivity index (χ1) is 10.1. The fourth-order valence-electron chi connectivity index (χ4n) is 2.83. The lowest BCUT2D eigenvalue weighted by Crippen LogP contribution is -2.43. The van der Waals surface area contributed by atoms with Crippen molar-refractivity contribution in [1.29, 1.82) is 0 Å². The van der Waals surface area contributed by atoms with Crippen LogP contribution in [0.1, 0.15) is 36.0 Å². The Kier molecular flexibility index (Phi) is 3.90. The molecule has 1 aliphatic heterocycles. The molecule has 2 aliphatic rings. The van der Waals surface area contributed by atoms with Gasteiger partial charge in [0.1, 0.15) is 5.82 Å². The van der Waals surface area contributed by atoms with Crippen LogP contribution in [0.15, 0.2) is 24.3 Å². The summed E-state index contributed by atoms with van der Waals surface area (Å²) in [4.78, 5) is 25.9. The SMILES string of the molecule is O=C(N[C@@H]1CCN(C(=O)c2ccc(F)cc2)C1)C1CCC1. The third-order valence-corrected chi connectivity index (χ3v) is 4.39. The maximum atomic E-state index is 12.9. The van der Waals surface area contributed by atoms with Gasteiger partial charge in [0, 0.05) is 30.6 Å². The van der Waals surface area contributed by atoms with Crippen LogP contribution < -0.4 is 5.32 Å². The van der Waals surface area contributed by atoms with Crippen molar-refractivity contribution in [3.8, 4) is 0 Å². The van der Waals surface area contributed by atoms with Gasteiger partial charge in [-0.15, -0.1) is 0 Å². The van der Waals surface area contributed by atoms with Gasteiger partial charge in [0.05, 0.1) is 0 Å². The molecular weight excluding hydrogens is 271 g/mol. The predicted octanol–water partition coefficient (Wildman–Crippen LogP) is 1.96. The summed E-state index contributed by atoms with van der Waals surface area (Å²) in [5.41, 5.74) is 0.488. The van der Waals surface area contributed by atoms with E-state index in [0.717, 1.165) is 25.7 Å². The second-order valence-corrected chi connectivity index (χ2v) is 5.88. The zero-order chi connectivity index (χ0) is 14.8. The summed E-state index contributed by atoms with van der Waals surface area (Å²) in [5, 5.41) is 3.03. The lowest BCUT2D eigenvalue weighted by molar-refractivity contribution is -0.128. The van der Waals surface area contributed by atoms with Crippen molar-refractivity contribution >= 4 is 11.8 Å². The Morgan fingerprint density at radius 3 is 2.48 bits per heavy atom. The Morgan fingerprint density at radius 2 is 1.86 bits per heavy atom. The van der Waals surface area contributed by atoms with Crippen LogP contribution in [-0.4, -0.2) is 35.8 Å². The first-order valence-electron chi connectivity index (χ1n) is 7.49. The van der Waals surface area contributed by atoms with Crippen LogP contribution in [0.4, 0.5) is 4.39 Å². The molecule has 0 radical (unpaired) electrons. The van der Waals surface area contributed by atoms with E-state index >= 15 is 0 Å². The lowest BCUT2D eigenvalue weighted by atomic mass is 9.84. The van der Waals surface area contributed by atoms with Crippen molar-refractivity contribution < 1.29 is 14.0 Å². The van der Waals surface area contributed by atoms with E-state index in [1.54, 1.807) is 4.90 Å². The Balaban J connectivity index is 1.55. The summed E-state index contributed by atoms with van der Waals surface area (Å²) in [6.07, 6.45) is 3.89. The molecule has 2 amide bonds. The molecule has 0 unspecified atom stereocenters. The molecule has 1 aliphatic carbocycles. The van der Waals surface area contributed by atoms with E-state index in [0.29, 0.717) is 18.7 Å². The van der Waals surface area contributed by atoms with E-state index in [1.165, 1.54) is 24.3 Å². The molecule has 1 saturated heterocycles. The van der Waals surface area contributed by atoms with Crippen LogP contribution in [0, 0.1) is 11.7 Å². The third kappa shape index (κ3) is 3.06. The van der Waals surface area contributed by atoms with E-state index in [1.807, 2.05) is 0 Å². The normalized spacial score (nSPS) is 22.0. The Bertz CT molecular complexity index is 540. The number of rotatable bonds is 3. The second-order valence-electron chi connectivity index (χ2n) is 5.88. The molecule has 21 heavy (non-hydrogen) atoms. The van der Waals surface area contributed by atoms with Crippen LogP contribution in [0.25, 0.3) is 0 Å². The van der Waals surface area contributed by atoms with Crippen LogP contribution in [0.3, 0.4) is 0 Å². The minimum Gasteiger partial charge on any atom is -0.351 e. The molecule has 5 heteroatoms. The Morgan fingerprint density at radius 1 is 1.14 bits per heavy atom. The van der Waals surface area contributed by atoms with E-state index in [4.69, 9.17) is 0 Å². The van der Waals surface area contributed by atoms with Crippen LogP contribution >= 0.6 is 0 Å². The summed E-state index contributed by atoms with van der Waals surface area (Å²) >= 11 is 0. The summed E-state index contributed by atoms with van der Waals surface area (Å²) in [5.74, 6) is -0.150. The van der Waals surface area contributed by atoms with Crippen molar-refractivity contribution in [3.05, 3.63) is 35.6 Å². The third-order valence-electron chi connectivity index (χ3n) is 4.39. The van der Waals surface area contributed by atoms with Gasteiger partial charge in [-0.2, -0.15) is 0 Å². The van der Waals surface area contributed by atoms with E-state index < -0.39 is 0 Å². The number of benzene rings is 1. The van der Waals surface area contributed by atoms with Gasteiger partial charge in [0.15, 0.2) is 0 Å². The topological polar surface area (TPSA) is 49.4 Å². The number of nitrogens with zero attached hydrogens (tertiary/aromatic N) is 1. The second kappa shape index (κ2) is 5.84.